The maximum absolute atomic E-state index is 12.9. The molecule has 0 radical (unpaired) electrons. The molecular weight excluding hydrogens is 329 g/mol. The number of benzene rings is 2. The van der Waals surface area contributed by atoms with Crippen LogP contribution in [0.3, 0.4) is 0 Å². The highest BCUT2D eigenvalue weighted by Gasteiger charge is 2.07. The zero-order chi connectivity index (χ0) is 13.8. The summed E-state index contributed by atoms with van der Waals surface area (Å²) in [6, 6.07) is 12.5. The van der Waals surface area contributed by atoms with Crippen LogP contribution in [0, 0.1) is 5.82 Å². The van der Waals surface area contributed by atoms with Crippen LogP contribution in [-0.4, -0.2) is 7.05 Å². The Morgan fingerprint density at radius 2 is 1.74 bits per heavy atom. The fourth-order valence-electron chi connectivity index (χ4n) is 1.89. The van der Waals surface area contributed by atoms with Gasteiger partial charge in [0.05, 0.1) is 10.7 Å². The van der Waals surface area contributed by atoms with E-state index >= 15 is 0 Å². The summed E-state index contributed by atoms with van der Waals surface area (Å²) in [7, 11) is 1.97. The molecule has 19 heavy (non-hydrogen) atoms. The van der Waals surface area contributed by atoms with Crippen LogP contribution in [-0.2, 0) is 11.9 Å². The topological polar surface area (TPSA) is 3.24 Å². The molecule has 0 atom stereocenters. The van der Waals surface area contributed by atoms with E-state index in [4.69, 9.17) is 11.6 Å². The Morgan fingerprint density at radius 3 is 2.32 bits per heavy atom. The molecule has 0 N–H and O–H groups in total. The van der Waals surface area contributed by atoms with Gasteiger partial charge in [0.1, 0.15) is 5.82 Å². The molecule has 0 aliphatic heterocycles. The Balaban J connectivity index is 2.15. The van der Waals surface area contributed by atoms with Gasteiger partial charge in [0, 0.05) is 18.9 Å². The fourth-order valence-corrected chi connectivity index (χ4v) is 2.59. The Morgan fingerprint density at radius 1 is 1.11 bits per heavy atom. The maximum atomic E-state index is 12.9. The first-order valence-electron chi connectivity index (χ1n) is 5.90. The number of hydrogen-bond acceptors (Lipinski definition) is 1. The summed E-state index contributed by atoms with van der Waals surface area (Å²) in [4.78, 5) is 2.05. The lowest BCUT2D eigenvalue weighted by molar-refractivity contribution is 0.627. The van der Waals surface area contributed by atoms with Gasteiger partial charge in [-0.15, -0.1) is 0 Å². The number of halogens is 3. The van der Waals surface area contributed by atoms with E-state index in [-0.39, 0.29) is 5.82 Å². The minimum Gasteiger partial charge on any atom is -0.369 e. The van der Waals surface area contributed by atoms with Gasteiger partial charge in [-0.1, -0.05) is 45.7 Å². The van der Waals surface area contributed by atoms with Crippen molar-refractivity contribution < 1.29 is 4.39 Å². The smallest absolute Gasteiger partial charge is 0.123 e. The van der Waals surface area contributed by atoms with E-state index in [2.05, 4.69) is 15.9 Å². The van der Waals surface area contributed by atoms with Crippen LogP contribution in [0.1, 0.15) is 11.1 Å². The molecule has 0 saturated carbocycles. The van der Waals surface area contributed by atoms with Crippen LogP contribution in [0.15, 0.2) is 42.5 Å². The van der Waals surface area contributed by atoms with E-state index in [1.165, 1.54) is 12.1 Å². The second kappa shape index (κ2) is 6.40. The van der Waals surface area contributed by atoms with Gasteiger partial charge >= 0.3 is 0 Å². The third-order valence-electron chi connectivity index (χ3n) is 2.91. The molecule has 1 nitrogen and oxygen atoms in total. The molecule has 0 aromatic heterocycles. The molecule has 0 unspecified atom stereocenters. The minimum atomic E-state index is -0.217. The van der Waals surface area contributed by atoms with E-state index in [1.54, 1.807) is 12.1 Å². The summed E-state index contributed by atoms with van der Waals surface area (Å²) in [5.74, 6) is -0.217. The Labute approximate surface area is 126 Å². The van der Waals surface area contributed by atoms with Gasteiger partial charge in [0.15, 0.2) is 0 Å². The second-order valence-corrected chi connectivity index (χ2v) is 5.37. The normalized spacial score (nSPS) is 10.5. The predicted molar refractivity (Wildman–Crippen MR) is 82.6 cm³/mol. The molecule has 0 aliphatic rings. The van der Waals surface area contributed by atoms with Crippen LogP contribution < -0.4 is 4.90 Å². The standard InChI is InChI=1S/C15H14BrClFN/c1-19(10-11-2-5-13(18)6-3-11)15-7-4-12(9-16)8-14(15)17/h2-8H,9-10H2,1H3. The highest BCUT2D eigenvalue weighted by Crippen LogP contribution is 2.27. The van der Waals surface area contributed by atoms with E-state index in [0.717, 1.165) is 27.2 Å². The average Bonchev–Trinajstić information content (AvgIpc) is 2.41. The molecule has 4 heteroatoms. The third kappa shape index (κ3) is 3.71. The van der Waals surface area contributed by atoms with Gasteiger partial charge in [0.2, 0.25) is 0 Å². The summed E-state index contributed by atoms with van der Waals surface area (Å²) in [6.07, 6.45) is 0. The molecule has 0 aliphatic carbocycles. The molecule has 0 saturated heterocycles. The van der Waals surface area contributed by atoms with Crippen LogP contribution in [0.25, 0.3) is 0 Å². The predicted octanol–water partition coefficient (Wildman–Crippen LogP) is 5.01. The zero-order valence-corrected chi connectivity index (χ0v) is 12.9. The van der Waals surface area contributed by atoms with Gasteiger partial charge in [0.25, 0.3) is 0 Å². The number of nitrogens with zero attached hydrogens (tertiary/aromatic N) is 1. The highest BCUT2D eigenvalue weighted by molar-refractivity contribution is 9.08. The lowest BCUT2D eigenvalue weighted by Crippen LogP contribution is -2.16. The quantitative estimate of drug-likeness (QED) is 0.706. The zero-order valence-electron chi connectivity index (χ0n) is 10.5. The van der Waals surface area contributed by atoms with Crippen molar-refractivity contribution in [2.45, 2.75) is 11.9 Å². The van der Waals surface area contributed by atoms with Crippen LogP contribution in [0.4, 0.5) is 10.1 Å². The molecule has 2 rings (SSSR count). The summed E-state index contributed by atoms with van der Waals surface area (Å²) in [6.45, 7) is 0.688. The summed E-state index contributed by atoms with van der Waals surface area (Å²) in [5, 5.41) is 1.51. The Kier molecular flexibility index (Phi) is 4.83. The highest BCUT2D eigenvalue weighted by atomic mass is 79.9. The van der Waals surface area contributed by atoms with E-state index in [9.17, 15) is 4.39 Å². The molecular formula is C15H14BrClFN. The van der Waals surface area contributed by atoms with Crippen molar-refractivity contribution in [2.75, 3.05) is 11.9 Å². The molecule has 0 spiro atoms. The van der Waals surface area contributed by atoms with E-state index in [0.29, 0.717) is 6.54 Å². The van der Waals surface area contributed by atoms with E-state index in [1.807, 2.05) is 30.1 Å². The van der Waals surface area contributed by atoms with Gasteiger partial charge in [-0.3, -0.25) is 0 Å². The van der Waals surface area contributed by atoms with Crippen molar-refractivity contribution in [2.24, 2.45) is 0 Å². The third-order valence-corrected chi connectivity index (χ3v) is 3.86. The minimum absolute atomic E-state index is 0.217. The van der Waals surface area contributed by atoms with Crippen molar-refractivity contribution in [1.82, 2.24) is 0 Å². The number of anilines is 1. The molecule has 2 aromatic carbocycles. The van der Waals surface area contributed by atoms with Crippen molar-refractivity contribution in [1.29, 1.82) is 0 Å². The Bertz CT molecular complexity index is 557. The van der Waals surface area contributed by atoms with Crippen LogP contribution in [0.2, 0.25) is 5.02 Å². The molecule has 2 aromatic rings. The number of rotatable bonds is 4. The summed E-state index contributed by atoms with van der Waals surface area (Å²) < 4.78 is 12.9. The van der Waals surface area contributed by atoms with Crippen LogP contribution >= 0.6 is 27.5 Å². The SMILES string of the molecule is CN(Cc1ccc(F)cc1)c1ccc(CBr)cc1Cl. The van der Waals surface area contributed by atoms with Gasteiger partial charge < -0.3 is 4.90 Å². The lowest BCUT2D eigenvalue weighted by Gasteiger charge is -2.21. The first-order chi connectivity index (χ1) is 9.10. The summed E-state index contributed by atoms with van der Waals surface area (Å²) >= 11 is 9.68. The van der Waals surface area contributed by atoms with Crippen molar-refractivity contribution >= 4 is 33.2 Å². The average molecular weight is 343 g/mol. The Hall–Kier alpha value is -1.06. The van der Waals surface area contributed by atoms with Gasteiger partial charge in [-0.05, 0) is 35.4 Å². The molecule has 0 bridgehead atoms. The second-order valence-electron chi connectivity index (χ2n) is 4.40. The molecule has 0 heterocycles. The van der Waals surface area contributed by atoms with Crippen molar-refractivity contribution in [3.05, 3.63) is 64.4 Å². The molecule has 100 valence electrons. The molecule has 0 fully saturated rings. The largest absolute Gasteiger partial charge is 0.369 e. The first-order valence-corrected chi connectivity index (χ1v) is 7.40. The number of alkyl halides is 1. The number of hydrogen-bond donors (Lipinski definition) is 0. The van der Waals surface area contributed by atoms with E-state index < -0.39 is 0 Å². The van der Waals surface area contributed by atoms with Crippen molar-refractivity contribution in [3.63, 3.8) is 0 Å². The van der Waals surface area contributed by atoms with Crippen molar-refractivity contribution in [3.8, 4) is 0 Å². The monoisotopic (exact) mass is 341 g/mol. The fraction of sp³-hybridized carbons (Fsp3) is 0.200. The lowest BCUT2D eigenvalue weighted by atomic mass is 10.2. The molecule has 0 amide bonds. The van der Waals surface area contributed by atoms with Gasteiger partial charge in [-0.25, -0.2) is 4.39 Å². The first kappa shape index (κ1) is 14.4. The maximum Gasteiger partial charge on any atom is 0.123 e. The summed E-state index contributed by atoms with van der Waals surface area (Å²) in [5.41, 5.74) is 3.16. The van der Waals surface area contributed by atoms with Crippen LogP contribution in [0.5, 0.6) is 0 Å². The van der Waals surface area contributed by atoms with Gasteiger partial charge in [-0.2, -0.15) is 0 Å².